The Balaban J connectivity index is 4.33. The van der Waals surface area contributed by atoms with Gasteiger partial charge in [-0.3, -0.25) is 14.4 Å². The van der Waals surface area contributed by atoms with Crippen LogP contribution in [0.15, 0.2) is 72.9 Å². The first-order valence-corrected chi connectivity index (χ1v) is 34.4. The standard InChI is InChI=1S/C73H130O6/c1-4-7-10-13-16-19-22-25-28-31-33-34-35-36-37-38-40-42-45-48-51-54-57-60-63-66-72(75)78-69-70(68-77-71(74)65-62-59-56-53-50-47-44-41-30-27-24-21-18-15-12-9-6-3)79-73(76)67-64-61-58-55-52-49-46-43-39-32-29-26-23-20-17-14-11-8-5-2/h9,12,18,21-22,25-27,29-31,33,70H,4-8,10-11,13-17,19-20,23-24,28,32,34-69H2,1-3H3/b12-9-,21-18-,25-22-,29-26-,30-27-,33-31-. The van der Waals surface area contributed by atoms with E-state index in [2.05, 4.69) is 93.7 Å². The van der Waals surface area contributed by atoms with E-state index in [9.17, 15) is 14.4 Å². The lowest BCUT2D eigenvalue weighted by Crippen LogP contribution is -2.30. The van der Waals surface area contributed by atoms with Crippen molar-refractivity contribution < 1.29 is 28.6 Å². The zero-order valence-corrected chi connectivity index (χ0v) is 52.6. The molecule has 0 amide bonds. The Labute approximate surface area is 491 Å². The molecule has 0 heterocycles. The molecule has 0 aromatic carbocycles. The summed E-state index contributed by atoms with van der Waals surface area (Å²) >= 11 is 0. The number of hydrogen-bond acceptors (Lipinski definition) is 6. The normalized spacial score (nSPS) is 12.5. The van der Waals surface area contributed by atoms with E-state index in [4.69, 9.17) is 14.2 Å². The molecule has 0 rings (SSSR count). The molecule has 6 nitrogen and oxygen atoms in total. The van der Waals surface area contributed by atoms with Crippen molar-refractivity contribution >= 4 is 17.9 Å². The molecule has 0 aromatic rings. The van der Waals surface area contributed by atoms with Gasteiger partial charge in [-0.2, -0.15) is 0 Å². The molecule has 0 radical (unpaired) electrons. The molecule has 79 heavy (non-hydrogen) atoms. The van der Waals surface area contributed by atoms with Gasteiger partial charge in [-0.05, 0) is 109 Å². The number of carbonyl (C=O) groups is 3. The molecule has 0 N–H and O–H groups in total. The molecule has 1 unspecified atom stereocenters. The van der Waals surface area contributed by atoms with Crippen LogP contribution < -0.4 is 0 Å². The smallest absolute Gasteiger partial charge is 0.306 e. The second-order valence-corrected chi connectivity index (χ2v) is 23.1. The summed E-state index contributed by atoms with van der Waals surface area (Å²) in [6.07, 6.45) is 87.7. The minimum atomic E-state index is -0.782. The predicted molar refractivity (Wildman–Crippen MR) is 344 cm³/mol. The van der Waals surface area contributed by atoms with Gasteiger partial charge in [0.05, 0.1) is 0 Å². The van der Waals surface area contributed by atoms with Crippen LogP contribution in [0.3, 0.4) is 0 Å². The fourth-order valence-electron chi connectivity index (χ4n) is 10.0. The van der Waals surface area contributed by atoms with Crippen LogP contribution in [0.25, 0.3) is 0 Å². The van der Waals surface area contributed by atoms with Crippen molar-refractivity contribution in [3.05, 3.63) is 72.9 Å². The fourth-order valence-corrected chi connectivity index (χ4v) is 10.0. The molecule has 0 saturated heterocycles. The third kappa shape index (κ3) is 65.5. The molecular weight excluding hydrogens is 973 g/mol. The Morgan fingerprint density at radius 3 is 0.785 bits per heavy atom. The molecule has 0 aliphatic heterocycles. The molecular formula is C73H130O6. The SMILES string of the molecule is CC/C=C\C/C=C\C/C=C\CCCCCCCCCC(=O)OCC(COC(=O)CCCCCCCCCCCCCCC/C=C\C/C=C\CCCCCCC)OC(=O)CCCCCCCCCCC/C=C\CCCCCCCC. The van der Waals surface area contributed by atoms with Crippen LogP contribution in [0.5, 0.6) is 0 Å². The summed E-state index contributed by atoms with van der Waals surface area (Å²) in [5, 5.41) is 0. The topological polar surface area (TPSA) is 78.9 Å². The highest BCUT2D eigenvalue weighted by molar-refractivity contribution is 5.71. The van der Waals surface area contributed by atoms with Crippen molar-refractivity contribution in [1.29, 1.82) is 0 Å². The van der Waals surface area contributed by atoms with Crippen molar-refractivity contribution in [2.24, 2.45) is 0 Å². The number of rotatable bonds is 63. The molecule has 458 valence electrons. The molecule has 0 aromatic heterocycles. The van der Waals surface area contributed by atoms with Gasteiger partial charge in [-0.1, -0.05) is 299 Å². The Kier molecular flexibility index (Phi) is 64.7. The second-order valence-electron chi connectivity index (χ2n) is 23.1. The number of unbranched alkanes of at least 4 members (excludes halogenated alkanes) is 40. The minimum Gasteiger partial charge on any atom is -0.462 e. The minimum absolute atomic E-state index is 0.0775. The van der Waals surface area contributed by atoms with E-state index in [0.29, 0.717) is 19.3 Å². The number of ether oxygens (including phenoxy) is 3. The van der Waals surface area contributed by atoms with E-state index in [1.807, 2.05) is 0 Å². The average molecular weight is 1100 g/mol. The molecule has 6 heteroatoms. The molecule has 0 bridgehead atoms. The summed E-state index contributed by atoms with van der Waals surface area (Å²) in [6, 6.07) is 0. The van der Waals surface area contributed by atoms with Crippen LogP contribution in [0, 0.1) is 0 Å². The number of carbonyl (C=O) groups excluding carboxylic acids is 3. The lowest BCUT2D eigenvalue weighted by Gasteiger charge is -2.18. The van der Waals surface area contributed by atoms with Crippen molar-refractivity contribution in [1.82, 2.24) is 0 Å². The Morgan fingerprint density at radius 1 is 0.266 bits per heavy atom. The van der Waals surface area contributed by atoms with Gasteiger partial charge in [-0.25, -0.2) is 0 Å². The Hall–Kier alpha value is -3.15. The van der Waals surface area contributed by atoms with Crippen molar-refractivity contribution in [2.75, 3.05) is 13.2 Å². The number of allylic oxidation sites excluding steroid dienone is 12. The van der Waals surface area contributed by atoms with Gasteiger partial charge in [0.25, 0.3) is 0 Å². The highest BCUT2D eigenvalue weighted by atomic mass is 16.6. The maximum Gasteiger partial charge on any atom is 0.306 e. The van der Waals surface area contributed by atoms with Crippen molar-refractivity contribution in [3.8, 4) is 0 Å². The van der Waals surface area contributed by atoms with E-state index in [-0.39, 0.29) is 31.1 Å². The van der Waals surface area contributed by atoms with E-state index in [0.717, 1.165) is 89.9 Å². The van der Waals surface area contributed by atoms with Gasteiger partial charge in [0.1, 0.15) is 13.2 Å². The third-order valence-corrected chi connectivity index (χ3v) is 15.2. The van der Waals surface area contributed by atoms with E-state index in [1.165, 1.54) is 225 Å². The second kappa shape index (κ2) is 67.4. The number of esters is 3. The van der Waals surface area contributed by atoms with E-state index >= 15 is 0 Å². The first-order valence-electron chi connectivity index (χ1n) is 34.4. The third-order valence-electron chi connectivity index (χ3n) is 15.2. The Bertz CT molecular complexity index is 1450. The predicted octanol–water partition coefficient (Wildman–Crippen LogP) is 23.7. The van der Waals surface area contributed by atoms with Gasteiger partial charge in [-0.15, -0.1) is 0 Å². The first-order chi connectivity index (χ1) is 39.0. The van der Waals surface area contributed by atoms with Crippen LogP contribution in [-0.2, 0) is 28.6 Å². The van der Waals surface area contributed by atoms with Crippen LogP contribution in [0.4, 0.5) is 0 Å². The molecule has 0 aliphatic rings. The molecule has 1 atom stereocenters. The van der Waals surface area contributed by atoms with Gasteiger partial charge in [0.2, 0.25) is 0 Å². The zero-order chi connectivity index (χ0) is 57.1. The maximum absolute atomic E-state index is 12.9. The zero-order valence-electron chi connectivity index (χ0n) is 52.6. The fraction of sp³-hybridized carbons (Fsp3) is 0.795. The summed E-state index contributed by atoms with van der Waals surface area (Å²) in [5.74, 6) is -0.871. The summed E-state index contributed by atoms with van der Waals surface area (Å²) in [6.45, 7) is 6.56. The Morgan fingerprint density at radius 2 is 0.494 bits per heavy atom. The van der Waals surface area contributed by atoms with Gasteiger partial charge >= 0.3 is 17.9 Å². The van der Waals surface area contributed by atoms with Crippen LogP contribution >= 0.6 is 0 Å². The van der Waals surface area contributed by atoms with Crippen LogP contribution in [0.2, 0.25) is 0 Å². The molecule has 0 aliphatic carbocycles. The maximum atomic E-state index is 12.9. The lowest BCUT2D eigenvalue weighted by atomic mass is 10.0. The van der Waals surface area contributed by atoms with Crippen LogP contribution in [-0.4, -0.2) is 37.2 Å². The monoisotopic (exact) mass is 1100 g/mol. The summed E-state index contributed by atoms with van der Waals surface area (Å²) in [7, 11) is 0. The highest BCUT2D eigenvalue weighted by Crippen LogP contribution is 2.17. The number of hydrogen-bond donors (Lipinski definition) is 0. The van der Waals surface area contributed by atoms with E-state index in [1.54, 1.807) is 0 Å². The van der Waals surface area contributed by atoms with Gasteiger partial charge in [0, 0.05) is 19.3 Å². The first kappa shape index (κ1) is 75.8. The van der Waals surface area contributed by atoms with Crippen LogP contribution in [0.1, 0.15) is 355 Å². The van der Waals surface area contributed by atoms with Crippen molar-refractivity contribution in [2.45, 2.75) is 361 Å². The molecule has 0 spiro atoms. The summed E-state index contributed by atoms with van der Waals surface area (Å²) in [5.41, 5.74) is 0. The molecule has 0 saturated carbocycles. The molecule has 0 fully saturated rings. The summed E-state index contributed by atoms with van der Waals surface area (Å²) in [4.78, 5) is 38.4. The van der Waals surface area contributed by atoms with Crippen molar-refractivity contribution in [3.63, 3.8) is 0 Å². The largest absolute Gasteiger partial charge is 0.462 e. The highest BCUT2D eigenvalue weighted by Gasteiger charge is 2.19. The van der Waals surface area contributed by atoms with Gasteiger partial charge < -0.3 is 14.2 Å². The average Bonchev–Trinajstić information content (AvgIpc) is 3.45. The van der Waals surface area contributed by atoms with E-state index < -0.39 is 6.10 Å². The quantitative estimate of drug-likeness (QED) is 0.0261. The van der Waals surface area contributed by atoms with Gasteiger partial charge in [0.15, 0.2) is 6.10 Å². The lowest BCUT2D eigenvalue weighted by molar-refractivity contribution is -0.167. The summed E-state index contributed by atoms with van der Waals surface area (Å²) < 4.78 is 17.0.